The lowest BCUT2D eigenvalue weighted by Crippen LogP contribution is -2.25. The van der Waals surface area contributed by atoms with Crippen LogP contribution in [0.4, 0.5) is 18.9 Å². The fourth-order valence-corrected chi connectivity index (χ4v) is 1.99. The fourth-order valence-electron chi connectivity index (χ4n) is 1.99. The average Bonchev–Trinajstić information content (AvgIpc) is 2.54. The van der Waals surface area contributed by atoms with Crippen LogP contribution in [0.1, 0.15) is 16.8 Å². The van der Waals surface area contributed by atoms with Crippen LogP contribution in [0.15, 0.2) is 54.6 Å². The van der Waals surface area contributed by atoms with E-state index in [4.69, 9.17) is 0 Å². The molecule has 0 unspecified atom stereocenters. The molecule has 0 atom stereocenters. The summed E-state index contributed by atoms with van der Waals surface area (Å²) in [4.78, 5) is 11.9. The van der Waals surface area contributed by atoms with Crippen LogP contribution in [0, 0.1) is 0 Å². The van der Waals surface area contributed by atoms with Gasteiger partial charge in [-0.3, -0.25) is 4.79 Å². The van der Waals surface area contributed by atoms with Gasteiger partial charge in [-0.25, -0.2) is 0 Å². The minimum Gasteiger partial charge on any atom is -0.406 e. The largest absolute Gasteiger partial charge is 0.573 e. The highest BCUT2D eigenvalue weighted by Crippen LogP contribution is 2.22. The number of halogens is 3. The average molecular weight is 338 g/mol. The van der Waals surface area contributed by atoms with Crippen LogP contribution in [0.25, 0.3) is 0 Å². The summed E-state index contributed by atoms with van der Waals surface area (Å²) in [5.74, 6) is -0.695. The number of nitrogens with one attached hydrogen (secondary N) is 2. The minimum atomic E-state index is -4.74. The number of rotatable bonds is 7. The van der Waals surface area contributed by atoms with E-state index in [0.29, 0.717) is 13.1 Å². The van der Waals surface area contributed by atoms with Crippen molar-refractivity contribution in [3.05, 3.63) is 60.2 Å². The van der Waals surface area contributed by atoms with Gasteiger partial charge in [-0.05, 0) is 42.8 Å². The fraction of sp³-hybridized carbons (Fsp3) is 0.235. The maximum atomic E-state index is 12.1. The monoisotopic (exact) mass is 338 g/mol. The van der Waals surface area contributed by atoms with Crippen LogP contribution in [0.3, 0.4) is 0 Å². The van der Waals surface area contributed by atoms with Crippen molar-refractivity contribution in [2.24, 2.45) is 0 Å². The van der Waals surface area contributed by atoms with Gasteiger partial charge in [0.1, 0.15) is 5.75 Å². The summed E-state index contributed by atoms with van der Waals surface area (Å²) in [5, 5.41) is 5.92. The van der Waals surface area contributed by atoms with E-state index < -0.39 is 6.36 Å². The Morgan fingerprint density at radius 3 is 2.25 bits per heavy atom. The second-order valence-electron chi connectivity index (χ2n) is 4.97. The molecule has 0 fully saturated rings. The molecule has 0 aliphatic rings. The molecule has 0 aliphatic heterocycles. The molecular formula is C17H17F3N2O2. The van der Waals surface area contributed by atoms with Gasteiger partial charge in [0.25, 0.3) is 5.91 Å². The predicted molar refractivity (Wildman–Crippen MR) is 85.0 cm³/mol. The van der Waals surface area contributed by atoms with Crippen LogP contribution in [-0.2, 0) is 0 Å². The highest BCUT2D eigenvalue weighted by molar-refractivity contribution is 5.94. The Labute approximate surface area is 137 Å². The van der Waals surface area contributed by atoms with Crippen LogP contribution >= 0.6 is 0 Å². The standard InChI is InChI=1S/C17H17F3N2O2/c18-17(19,20)24-15-9-7-13(8-10-15)16(23)22-12-4-11-21-14-5-2-1-3-6-14/h1-3,5-10,21H,4,11-12H2,(H,22,23). The second kappa shape index (κ2) is 8.24. The Kier molecular flexibility index (Phi) is 6.06. The molecule has 0 aromatic heterocycles. The molecule has 0 aliphatic carbocycles. The summed E-state index contributed by atoms with van der Waals surface area (Å²) < 4.78 is 39.9. The Morgan fingerprint density at radius 1 is 0.958 bits per heavy atom. The number of hydrogen-bond acceptors (Lipinski definition) is 3. The molecule has 0 radical (unpaired) electrons. The molecule has 128 valence electrons. The number of anilines is 1. The number of carbonyl (C=O) groups excluding carboxylic acids is 1. The van der Waals surface area contributed by atoms with Crippen molar-refractivity contribution in [3.63, 3.8) is 0 Å². The Hall–Kier alpha value is -2.70. The second-order valence-corrected chi connectivity index (χ2v) is 4.97. The van der Waals surface area contributed by atoms with Crippen molar-refractivity contribution < 1.29 is 22.7 Å². The summed E-state index contributed by atoms with van der Waals surface area (Å²) >= 11 is 0. The maximum Gasteiger partial charge on any atom is 0.573 e. The lowest BCUT2D eigenvalue weighted by Gasteiger charge is -2.10. The number of alkyl halides is 3. The van der Waals surface area contributed by atoms with Gasteiger partial charge in [-0.15, -0.1) is 13.2 Å². The molecule has 7 heteroatoms. The Bertz CT molecular complexity index is 643. The van der Waals surface area contributed by atoms with Gasteiger partial charge in [-0.2, -0.15) is 0 Å². The van der Waals surface area contributed by atoms with Gasteiger partial charge in [-0.1, -0.05) is 18.2 Å². The molecule has 0 saturated carbocycles. The van der Waals surface area contributed by atoms with Crippen LogP contribution in [-0.4, -0.2) is 25.4 Å². The molecule has 2 aromatic rings. The summed E-state index contributed by atoms with van der Waals surface area (Å²) in [6.07, 6.45) is -4.02. The number of hydrogen-bond donors (Lipinski definition) is 2. The first-order chi connectivity index (χ1) is 11.4. The van der Waals surface area contributed by atoms with Crippen molar-refractivity contribution in [2.75, 3.05) is 18.4 Å². The van der Waals surface area contributed by atoms with Gasteiger partial charge in [0.15, 0.2) is 0 Å². The number of amides is 1. The van der Waals surface area contributed by atoms with E-state index in [-0.39, 0.29) is 17.2 Å². The number of ether oxygens (including phenoxy) is 1. The van der Waals surface area contributed by atoms with Crippen molar-refractivity contribution in [1.82, 2.24) is 5.32 Å². The third kappa shape index (κ3) is 6.20. The Morgan fingerprint density at radius 2 is 1.62 bits per heavy atom. The first kappa shape index (κ1) is 17.7. The van der Waals surface area contributed by atoms with E-state index in [1.165, 1.54) is 12.1 Å². The van der Waals surface area contributed by atoms with Crippen LogP contribution in [0.5, 0.6) is 5.75 Å². The maximum absolute atomic E-state index is 12.1. The molecule has 1 amide bonds. The van der Waals surface area contributed by atoms with E-state index in [0.717, 1.165) is 24.2 Å². The third-order valence-electron chi connectivity index (χ3n) is 3.09. The third-order valence-corrected chi connectivity index (χ3v) is 3.09. The lowest BCUT2D eigenvalue weighted by molar-refractivity contribution is -0.274. The summed E-state index contributed by atoms with van der Waals surface area (Å²) in [5.41, 5.74) is 1.28. The van der Waals surface area contributed by atoms with Crippen molar-refractivity contribution in [3.8, 4) is 5.75 Å². The van der Waals surface area contributed by atoms with Gasteiger partial charge in [0.05, 0.1) is 0 Å². The van der Waals surface area contributed by atoms with Crippen molar-refractivity contribution in [1.29, 1.82) is 0 Å². The lowest BCUT2D eigenvalue weighted by atomic mass is 10.2. The van der Waals surface area contributed by atoms with Crippen LogP contribution < -0.4 is 15.4 Å². The van der Waals surface area contributed by atoms with Gasteiger partial charge in [0.2, 0.25) is 0 Å². The van der Waals surface area contributed by atoms with E-state index in [2.05, 4.69) is 15.4 Å². The smallest absolute Gasteiger partial charge is 0.406 e. The first-order valence-electron chi connectivity index (χ1n) is 7.37. The normalized spacial score (nSPS) is 11.0. The van der Waals surface area contributed by atoms with Gasteiger partial charge < -0.3 is 15.4 Å². The minimum absolute atomic E-state index is 0.278. The molecule has 2 N–H and O–H groups in total. The molecule has 2 aromatic carbocycles. The first-order valence-corrected chi connectivity index (χ1v) is 7.37. The van der Waals surface area contributed by atoms with Gasteiger partial charge >= 0.3 is 6.36 Å². The SMILES string of the molecule is O=C(NCCCNc1ccccc1)c1ccc(OC(F)(F)F)cc1. The molecule has 0 bridgehead atoms. The topological polar surface area (TPSA) is 50.4 Å². The molecule has 24 heavy (non-hydrogen) atoms. The summed E-state index contributed by atoms with van der Waals surface area (Å²) in [6.45, 7) is 1.15. The molecule has 0 saturated heterocycles. The molecule has 0 heterocycles. The zero-order chi connectivity index (χ0) is 17.4. The quantitative estimate of drug-likeness (QED) is 0.755. The van der Waals surface area contributed by atoms with E-state index in [1.54, 1.807) is 0 Å². The molecule has 0 spiro atoms. The zero-order valence-corrected chi connectivity index (χ0v) is 12.8. The predicted octanol–water partition coefficient (Wildman–Crippen LogP) is 3.82. The molecule has 4 nitrogen and oxygen atoms in total. The van der Waals surface area contributed by atoms with Crippen molar-refractivity contribution >= 4 is 11.6 Å². The molecule has 2 rings (SSSR count). The highest BCUT2D eigenvalue weighted by atomic mass is 19.4. The van der Waals surface area contributed by atoms with Crippen LogP contribution in [0.2, 0.25) is 0 Å². The number of benzene rings is 2. The zero-order valence-electron chi connectivity index (χ0n) is 12.8. The number of carbonyl (C=O) groups is 1. The van der Waals surface area contributed by atoms with Crippen molar-refractivity contribution in [2.45, 2.75) is 12.8 Å². The summed E-state index contributed by atoms with van der Waals surface area (Å²) in [6, 6.07) is 14.5. The van der Waals surface area contributed by atoms with Gasteiger partial charge in [0, 0.05) is 24.3 Å². The highest BCUT2D eigenvalue weighted by Gasteiger charge is 2.31. The summed E-state index contributed by atoms with van der Waals surface area (Å²) in [7, 11) is 0. The van der Waals surface area contributed by atoms with E-state index in [9.17, 15) is 18.0 Å². The number of para-hydroxylation sites is 1. The van der Waals surface area contributed by atoms with E-state index >= 15 is 0 Å². The Balaban J connectivity index is 1.70. The van der Waals surface area contributed by atoms with E-state index in [1.807, 2.05) is 30.3 Å². The molecular weight excluding hydrogens is 321 g/mol.